The van der Waals surface area contributed by atoms with E-state index in [0.29, 0.717) is 41.0 Å². The fourth-order valence-electron chi connectivity index (χ4n) is 11.3. The van der Waals surface area contributed by atoms with Gasteiger partial charge in [-0.15, -0.1) is 0 Å². The van der Waals surface area contributed by atoms with Crippen molar-refractivity contribution in [3.05, 3.63) is 65.7 Å². The number of hydroxylamine groups is 1. The van der Waals surface area contributed by atoms with E-state index in [1.165, 1.54) is 25.7 Å². The van der Waals surface area contributed by atoms with E-state index in [0.717, 1.165) is 63.7 Å². The number of hydrogen-bond donors (Lipinski definition) is 4. The molecule has 2 aromatic carbocycles. The Labute approximate surface area is 360 Å². The highest BCUT2D eigenvalue weighted by atomic mass is 17.2. The van der Waals surface area contributed by atoms with E-state index in [4.69, 9.17) is 24.1 Å². The Morgan fingerprint density at radius 2 is 1.61 bits per heavy atom. The van der Waals surface area contributed by atoms with Crippen molar-refractivity contribution < 1.29 is 48.4 Å². The number of ether oxygens (including phenoxy) is 2. The Morgan fingerprint density at radius 1 is 0.869 bits per heavy atom. The standard InChI is InChI=1S/C48H67N3O10/c1-5-35-25-33-23-31(4)24-36(26-33)48(35)29-47(60-61-48)21-11-16-39(27-47)59-46(56)49-37-19-17-32(18-20-37)28-57-51-44(54)42(52)40(22-30(2)3)43(53)50-41(34-12-7-6-8-13-34)45(55)58-38-14-9-10-15-38/h6-8,12-13,17-20,30-31,33,35-36,38-42,52H,5,9-11,14-16,21-29H2,1-4H3,(H,49,56)(H,50,53)(H,51,54)/t31?,33?,35?,36?,39?,40-,41+,42+,47-,48+/m1/s1. The maximum absolute atomic E-state index is 13.7. The summed E-state index contributed by atoms with van der Waals surface area (Å²) < 4.78 is 11.7. The van der Waals surface area contributed by atoms with E-state index in [9.17, 15) is 24.3 Å². The third kappa shape index (κ3) is 11.0. The van der Waals surface area contributed by atoms with Gasteiger partial charge < -0.3 is 19.9 Å². The van der Waals surface area contributed by atoms with Crippen molar-refractivity contribution in [2.75, 3.05) is 5.32 Å². The molecule has 0 radical (unpaired) electrons. The van der Waals surface area contributed by atoms with Crippen LogP contribution < -0.4 is 16.1 Å². The van der Waals surface area contributed by atoms with E-state index >= 15 is 0 Å². The summed E-state index contributed by atoms with van der Waals surface area (Å²) in [4.78, 5) is 71.5. The first-order valence-corrected chi connectivity index (χ1v) is 22.9. The van der Waals surface area contributed by atoms with Crippen LogP contribution in [0.4, 0.5) is 10.5 Å². The molecule has 2 bridgehead atoms. The van der Waals surface area contributed by atoms with Gasteiger partial charge in [0.15, 0.2) is 6.04 Å². The van der Waals surface area contributed by atoms with Crippen LogP contribution in [0.1, 0.15) is 141 Å². The zero-order valence-electron chi connectivity index (χ0n) is 36.4. The minimum atomic E-state index is -1.75. The van der Waals surface area contributed by atoms with Crippen LogP contribution in [0.3, 0.4) is 0 Å². The highest BCUT2D eigenvalue weighted by molar-refractivity contribution is 5.91. The summed E-state index contributed by atoms with van der Waals surface area (Å²) in [6.45, 7) is 8.37. The molecule has 2 aromatic rings. The fraction of sp³-hybridized carbons (Fsp3) is 0.667. The van der Waals surface area contributed by atoms with E-state index < -0.39 is 47.5 Å². The molecule has 3 amide bonds. The number of carbonyl (C=O) groups is 4. The molecule has 5 fully saturated rings. The molecule has 4 N–H and O–H groups in total. The van der Waals surface area contributed by atoms with Gasteiger partial charge in [-0.3, -0.25) is 19.7 Å². The summed E-state index contributed by atoms with van der Waals surface area (Å²) in [5.41, 5.74) is 3.36. The molecule has 1 heterocycles. The lowest BCUT2D eigenvalue weighted by molar-refractivity contribution is -0.380. The van der Waals surface area contributed by atoms with Gasteiger partial charge in [-0.05, 0) is 130 Å². The monoisotopic (exact) mass is 845 g/mol. The fourth-order valence-corrected chi connectivity index (χ4v) is 11.3. The van der Waals surface area contributed by atoms with Crippen molar-refractivity contribution >= 4 is 29.6 Å². The van der Waals surface area contributed by atoms with Crippen LogP contribution in [0, 0.1) is 35.5 Å². The van der Waals surface area contributed by atoms with Gasteiger partial charge >= 0.3 is 12.1 Å². The molecule has 10 atom stereocenters. The second-order valence-corrected chi connectivity index (χ2v) is 19.3. The lowest BCUT2D eigenvalue weighted by atomic mass is 9.54. The van der Waals surface area contributed by atoms with Gasteiger partial charge in [0.1, 0.15) is 29.5 Å². The molecule has 2 spiro atoms. The van der Waals surface area contributed by atoms with Gasteiger partial charge in [-0.25, -0.2) is 24.8 Å². The van der Waals surface area contributed by atoms with Gasteiger partial charge in [-0.1, -0.05) is 76.6 Å². The first-order chi connectivity index (χ1) is 29.3. The van der Waals surface area contributed by atoms with Crippen LogP contribution in [0.2, 0.25) is 0 Å². The number of amides is 3. The van der Waals surface area contributed by atoms with E-state index in [2.05, 4.69) is 30.0 Å². The molecule has 7 rings (SSSR count). The third-order valence-electron chi connectivity index (χ3n) is 14.1. The second kappa shape index (κ2) is 20.0. The number of benzene rings is 2. The molecule has 1 saturated heterocycles. The normalized spacial score (nSPS) is 30.1. The van der Waals surface area contributed by atoms with Crippen LogP contribution in [0.5, 0.6) is 0 Å². The van der Waals surface area contributed by atoms with Crippen LogP contribution in [0.25, 0.3) is 0 Å². The first-order valence-electron chi connectivity index (χ1n) is 22.9. The average molecular weight is 846 g/mol. The summed E-state index contributed by atoms with van der Waals surface area (Å²) in [5.74, 6) is -0.822. The van der Waals surface area contributed by atoms with E-state index in [-0.39, 0.29) is 36.8 Å². The summed E-state index contributed by atoms with van der Waals surface area (Å²) in [6, 6.07) is 14.6. The Balaban J connectivity index is 0.876. The van der Waals surface area contributed by atoms with Gasteiger partial charge in [0.05, 0.1) is 12.5 Å². The van der Waals surface area contributed by atoms with Crippen molar-refractivity contribution in [2.24, 2.45) is 35.5 Å². The molecule has 334 valence electrons. The summed E-state index contributed by atoms with van der Waals surface area (Å²) in [6.07, 6.45) is 11.0. The quantitative estimate of drug-likeness (QED) is 0.0776. The van der Waals surface area contributed by atoms with E-state index in [1.54, 1.807) is 48.5 Å². The molecule has 5 unspecified atom stereocenters. The number of aliphatic hydroxyl groups is 1. The highest BCUT2D eigenvalue weighted by Gasteiger charge is 2.62. The van der Waals surface area contributed by atoms with Gasteiger partial charge in [0.25, 0.3) is 5.91 Å². The molecule has 4 saturated carbocycles. The smallest absolute Gasteiger partial charge is 0.411 e. The Kier molecular flexibility index (Phi) is 14.7. The molecular weight excluding hydrogens is 779 g/mol. The molecule has 1 aliphatic heterocycles. The van der Waals surface area contributed by atoms with Gasteiger partial charge in [0.2, 0.25) is 5.91 Å². The number of anilines is 1. The van der Waals surface area contributed by atoms with Crippen LogP contribution in [-0.4, -0.2) is 58.5 Å². The summed E-state index contributed by atoms with van der Waals surface area (Å²) >= 11 is 0. The maximum Gasteiger partial charge on any atom is 0.411 e. The molecule has 4 aliphatic carbocycles. The van der Waals surface area contributed by atoms with Crippen molar-refractivity contribution in [3.8, 4) is 0 Å². The third-order valence-corrected chi connectivity index (χ3v) is 14.1. The number of nitrogens with one attached hydrogen (secondary N) is 3. The zero-order valence-corrected chi connectivity index (χ0v) is 36.4. The Morgan fingerprint density at radius 3 is 2.33 bits per heavy atom. The molecular formula is C48H67N3O10. The number of rotatable bonds is 15. The SMILES string of the molecule is CCC1CC2CC(C)CC(C2)[C@]12C[C@]1(CCCC(OC(=O)Nc3ccc(CONC(=O)[C@@H](O)[C@@H](CC(C)C)C(=O)N[C@H](C(=O)OC4CCCC4)c4ccccc4)cc3)C1)OO2. The minimum absolute atomic E-state index is 0.0413. The van der Waals surface area contributed by atoms with Crippen molar-refractivity contribution in [3.63, 3.8) is 0 Å². The predicted molar refractivity (Wildman–Crippen MR) is 227 cm³/mol. The van der Waals surface area contributed by atoms with Crippen molar-refractivity contribution in [2.45, 2.75) is 166 Å². The van der Waals surface area contributed by atoms with Gasteiger partial charge in [-0.2, -0.15) is 0 Å². The average Bonchev–Trinajstić information content (AvgIpc) is 3.89. The molecule has 13 heteroatoms. The lowest BCUT2D eigenvalue weighted by Gasteiger charge is -2.52. The second-order valence-electron chi connectivity index (χ2n) is 19.3. The van der Waals surface area contributed by atoms with Crippen molar-refractivity contribution in [1.29, 1.82) is 0 Å². The van der Waals surface area contributed by atoms with Crippen LogP contribution in [0.15, 0.2) is 54.6 Å². The van der Waals surface area contributed by atoms with Crippen molar-refractivity contribution in [1.82, 2.24) is 10.8 Å². The zero-order chi connectivity index (χ0) is 43.1. The number of hydrogen-bond acceptors (Lipinski definition) is 10. The van der Waals surface area contributed by atoms with Gasteiger partial charge in [0, 0.05) is 18.5 Å². The predicted octanol–water partition coefficient (Wildman–Crippen LogP) is 8.40. The topological polar surface area (TPSA) is 171 Å². The van der Waals surface area contributed by atoms with Crippen LogP contribution in [-0.2, 0) is 45.1 Å². The molecule has 5 aliphatic rings. The number of carbonyl (C=O) groups excluding carboxylic acids is 4. The molecule has 13 nitrogen and oxygen atoms in total. The van der Waals surface area contributed by atoms with E-state index in [1.807, 2.05) is 19.9 Å². The lowest BCUT2D eigenvalue weighted by Crippen LogP contribution is -2.53. The maximum atomic E-state index is 13.7. The highest BCUT2D eigenvalue weighted by Crippen LogP contribution is 2.60. The molecule has 0 aromatic heterocycles. The summed E-state index contributed by atoms with van der Waals surface area (Å²) in [5, 5.41) is 16.7. The number of aliphatic hydroxyl groups excluding tert-OH is 1. The molecule has 61 heavy (non-hydrogen) atoms. The Hall–Kier alpha value is -4.04. The largest absolute Gasteiger partial charge is 0.461 e. The summed E-state index contributed by atoms with van der Waals surface area (Å²) in [7, 11) is 0. The minimum Gasteiger partial charge on any atom is -0.461 e. The number of esters is 1. The number of fused-ring (bicyclic) bond motifs is 3. The first kappa shape index (κ1) is 45.0. The Bertz CT molecular complexity index is 1800. The van der Waals surface area contributed by atoms with Crippen LogP contribution >= 0.6 is 0 Å².